The maximum atomic E-state index is 6.01. The first-order valence-electron chi connectivity index (χ1n) is 6.81. The van der Waals surface area contributed by atoms with Crippen molar-refractivity contribution in [3.63, 3.8) is 0 Å². The highest BCUT2D eigenvalue weighted by Gasteiger charge is 2.17. The number of rotatable bonds is 6. The van der Waals surface area contributed by atoms with Crippen molar-refractivity contribution in [3.05, 3.63) is 34.9 Å². The minimum atomic E-state index is 0.486. The number of halogens is 1. The summed E-state index contributed by atoms with van der Waals surface area (Å²) in [6.45, 7) is 0.948. The van der Waals surface area contributed by atoms with Gasteiger partial charge in [-0.15, -0.1) is 0 Å². The second kappa shape index (κ2) is 7.13. The first kappa shape index (κ1) is 13.9. The summed E-state index contributed by atoms with van der Waals surface area (Å²) in [5.74, 6) is 0. The van der Waals surface area contributed by atoms with E-state index in [4.69, 9.17) is 16.3 Å². The number of benzene rings is 1. The average Bonchev–Trinajstić information content (AvgIpc) is 2.87. The van der Waals surface area contributed by atoms with Crippen LogP contribution in [0.4, 0.5) is 0 Å². The van der Waals surface area contributed by atoms with Gasteiger partial charge in [0.1, 0.15) is 0 Å². The zero-order valence-corrected chi connectivity index (χ0v) is 11.7. The fraction of sp³-hybridized carbons (Fsp3) is 0.600. The predicted molar refractivity (Wildman–Crippen MR) is 76.2 cm³/mol. The van der Waals surface area contributed by atoms with Gasteiger partial charge in [-0.25, -0.2) is 0 Å². The summed E-state index contributed by atoms with van der Waals surface area (Å²) in [4.78, 5) is 0. The van der Waals surface area contributed by atoms with Gasteiger partial charge in [-0.05, 0) is 56.8 Å². The number of nitrogens with one attached hydrogen (secondary N) is 1. The van der Waals surface area contributed by atoms with Crippen LogP contribution in [-0.2, 0) is 11.2 Å². The van der Waals surface area contributed by atoms with E-state index in [0.717, 1.165) is 30.9 Å². The summed E-state index contributed by atoms with van der Waals surface area (Å²) in [7, 11) is 2.03. The molecule has 0 bridgehead atoms. The molecule has 2 nitrogen and oxygen atoms in total. The highest BCUT2D eigenvalue weighted by Crippen LogP contribution is 2.19. The molecule has 0 spiro atoms. The Hall–Kier alpha value is -0.570. The summed E-state index contributed by atoms with van der Waals surface area (Å²) in [6.07, 6.45) is 6.29. The fourth-order valence-electron chi connectivity index (χ4n) is 2.56. The van der Waals surface area contributed by atoms with Crippen molar-refractivity contribution in [2.75, 3.05) is 13.7 Å². The third kappa shape index (κ3) is 4.27. The van der Waals surface area contributed by atoms with Gasteiger partial charge < -0.3 is 10.1 Å². The van der Waals surface area contributed by atoms with Gasteiger partial charge in [0.2, 0.25) is 0 Å². The largest absolute Gasteiger partial charge is 0.378 e. The molecule has 18 heavy (non-hydrogen) atoms. The minimum Gasteiger partial charge on any atom is -0.378 e. The van der Waals surface area contributed by atoms with E-state index in [1.165, 1.54) is 18.4 Å². The standard InChI is InChI=1S/C15H22ClNO/c1-17-14(7-8-15-6-3-9-18-15)11-12-4-2-5-13(16)10-12/h2,4-5,10,14-15,17H,3,6-9,11H2,1H3. The molecule has 0 aromatic heterocycles. The predicted octanol–water partition coefficient (Wildman–Crippen LogP) is 3.43. The molecular weight excluding hydrogens is 246 g/mol. The highest BCUT2D eigenvalue weighted by atomic mass is 35.5. The van der Waals surface area contributed by atoms with Crippen LogP contribution in [0.3, 0.4) is 0 Å². The van der Waals surface area contributed by atoms with Crippen LogP contribution in [0.15, 0.2) is 24.3 Å². The van der Waals surface area contributed by atoms with Gasteiger partial charge in [0, 0.05) is 17.7 Å². The summed E-state index contributed by atoms with van der Waals surface area (Å²) in [5, 5.41) is 4.22. The molecule has 2 atom stereocenters. The lowest BCUT2D eigenvalue weighted by atomic mass is 9.99. The lowest BCUT2D eigenvalue weighted by molar-refractivity contribution is 0.0998. The normalized spacial score (nSPS) is 21.1. The maximum absolute atomic E-state index is 6.01. The van der Waals surface area contributed by atoms with E-state index >= 15 is 0 Å². The average molecular weight is 268 g/mol. The molecule has 1 aliphatic rings. The Labute approximate surface area is 115 Å². The van der Waals surface area contributed by atoms with Crippen LogP contribution in [0.2, 0.25) is 5.02 Å². The Morgan fingerprint density at radius 1 is 1.50 bits per heavy atom. The van der Waals surface area contributed by atoms with Crippen molar-refractivity contribution in [2.45, 2.75) is 44.2 Å². The van der Waals surface area contributed by atoms with Gasteiger partial charge in [-0.2, -0.15) is 0 Å². The lowest BCUT2D eigenvalue weighted by Gasteiger charge is -2.18. The summed E-state index contributed by atoms with van der Waals surface area (Å²) < 4.78 is 5.67. The summed E-state index contributed by atoms with van der Waals surface area (Å²) in [5.41, 5.74) is 1.30. The molecule has 1 fully saturated rings. The number of hydrogen-bond donors (Lipinski definition) is 1. The first-order valence-corrected chi connectivity index (χ1v) is 7.19. The molecule has 100 valence electrons. The van der Waals surface area contributed by atoms with Crippen LogP contribution in [0.1, 0.15) is 31.2 Å². The Morgan fingerprint density at radius 3 is 3.06 bits per heavy atom. The third-order valence-electron chi connectivity index (χ3n) is 3.64. The number of likely N-dealkylation sites (N-methyl/N-ethyl adjacent to an activating group) is 1. The van der Waals surface area contributed by atoms with E-state index < -0.39 is 0 Å². The third-order valence-corrected chi connectivity index (χ3v) is 3.88. The second-order valence-corrected chi connectivity index (χ2v) is 5.47. The molecule has 1 saturated heterocycles. The van der Waals surface area contributed by atoms with Crippen molar-refractivity contribution in [2.24, 2.45) is 0 Å². The van der Waals surface area contributed by atoms with Gasteiger partial charge in [0.25, 0.3) is 0 Å². The van der Waals surface area contributed by atoms with Crippen LogP contribution < -0.4 is 5.32 Å². The van der Waals surface area contributed by atoms with E-state index in [-0.39, 0.29) is 0 Å². The molecule has 0 saturated carbocycles. The zero-order chi connectivity index (χ0) is 12.8. The van der Waals surface area contributed by atoms with Crippen molar-refractivity contribution in [1.82, 2.24) is 5.32 Å². The van der Waals surface area contributed by atoms with Crippen LogP contribution in [0.25, 0.3) is 0 Å². The van der Waals surface area contributed by atoms with Crippen molar-refractivity contribution < 1.29 is 4.74 Å². The minimum absolute atomic E-state index is 0.486. The molecule has 0 radical (unpaired) electrons. The van der Waals surface area contributed by atoms with Gasteiger partial charge in [-0.3, -0.25) is 0 Å². The molecule has 2 rings (SSSR count). The highest BCUT2D eigenvalue weighted by molar-refractivity contribution is 6.30. The molecule has 1 aromatic carbocycles. The molecular formula is C15H22ClNO. The van der Waals surface area contributed by atoms with Gasteiger partial charge in [0.15, 0.2) is 0 Å². The lowest BCUT2D eigenvalue weighted by Crippen LogP contribution is -2.28. The molecule has 0 amide bonds. The molecule has 3 heteroatoms. The monoisotopic (exact) mass is 267 g/mol. The van der Waals surface area contributed by atoms with Crippen molar-refractivity contribution in [1.29, 1.82) is 0 Å². The molecule has 1 aromatic rings. The van der Waals surface area contributed by atoms with Crippen LogP contribution in [-0.4, -0.2) is 25.8 Å². The Kier molecular flexibility index (Phi) is 5.48. The van der Waals surface area contributed by atoms with Crippen LogP contribution in [0.5, 0.6) is 0 Å². The van der Waals surface area contributed by atoms with Crippen LogP contribution >= 0.6 is 11.6 Å². The van der Waals surface area contributed by atoms with Crippen molar-refractivity contribution >= 4 is 11.6 Å². The number of ether oxygens (including phenoxy) is 1. The SMILES string of the molecule is CNC(CCC1CCCO1)Cc1cccc(Cl)c1. The smallest absolute Gasteiger partial charge is 0.0576 e. The van der Waals surface area contributed by atoms with Crippen LogP contribution in [0, 0.1) is 0 Å². The molecule has 1 aliphatic heterocycles. The molecule has 0 aliphatic carbocycles. The van der Waals surface area contributed by atoms with Gasteiger partial charge >= 0.3 is 0 Å². The molecule has 1 N–H and O–H groups in total. The van der Waals surface area contributed by atoms with Gasteiger partial charge in [0.05, 0.1) is 6.10 Å². The summed E-state index contributed by atoms with van der Waals surface area (Å²) in [6, 6.07) is 8.64. The van der Waals surface area contributed by atoms with E-state index in [2.05, 4.69) is 17.4 Å². The molecule has 2 unspecified atom stereocenters. The number of hydrogen-bond acceptors (Lipinski definition) is 2. The Balaban J connectivity index is 1.81. The van der Waals surface area contributed by atoms with E-state index in [1.54, 1.807) is 0 Å². The zero-order valence-electron chi connectivity index (χ0n) is 11.0. The molecule has 1 heterocycles. The van der Waals surface area contributed by atoms with Gasteiger partial charge in [-0.1, -0.05) is 23.7 Å². The maximum Gasteiger partial charge on any atom is 0.0576 e. The fourth-order valence-corrected chi connectivity index (χ4v) is 2.77. The van der Waals surface area contributed by atoms with E-state index in [1.807, 2.05) is 19.2 Å². The Morgan fingerprint density at radius 2 is 2.39 bits per heavy atom. The quantitative estimate of drug-likeness (QED) is 0.853. The van der Waals surface area contributed by atoms with Crippen molar-refractivity contribution in [3.8, 4) is 0 Å². The second-order valence-electron chi connectivity index (χ2n) is 5.03. The van der Waals surface area contributed by atoms with E-state index in [0.29, 0.717) is 12.1 Å². The van der Waals surface area contributed by atoms with E-state index in [9.17, 15) is 0 Å². The topological polar surface area (TPSA) is 21.3 Å². The summed E-state index contributed by atoms with van der Waals surface area (Å²) >= 11 is 6.01. The first-order chi connectivity index (χ1) is 8.78. The Bertz CT molecular complexity index is 363.